The molecule has 0 spiro atoms. The predicted molar refractivity (Wildman–Crippen MR) is 82.6 cm³/mol. The lowest BCUT2D eigenvalue weighted by Gasteiger charge is -2.10. The zero-order chi connectivity index (χ0) is 14.7. The molecule has 3 rings (SSSR count). The van der Waals surface area contributed by atoms with Crippen LogP contribution in [0.5, 0.6) is 0 Å². The third-order valence-electron chi connectivity index (χ3n) is 3.20. The molecule has 2 aromatic carbocycles. The van der Waals surface area contributed by atoms with Gasteiger partial charge in [0.25, 0.3) is 5.91 Å². The Morgan fingerprint density at radius 3 is 2.62 bits per heavy atom. The zero-order valence-electron chi connectivity index (χ0n) is 11.1. The second kappa shape index (κ2) is 5.97. The zero-order valence-corrected chi connectivity index (χ0v) is 11.9. The maximum Gasteiger partial charge on any atom is 0.268 e. The van der Waals surface area contributed by atoms with E-state index >= 15 is 0 Å². The standard InChI is InChI=1S/C16H13ClN2O2/c17-12-8-4-5-9-13(12)18-16(20)15-10-14(19-21-15)11-6-2-1-3-7-11/h1-9,15H,10H2,(H,18,20). The SMILES string of the molecule is O=C(Nc1ccccc1Cl)C1CC(c2ccccc2)=NO1. The summed E-state index contributed by atoms with van der Waals surface area (Å²) in [5.41, 5.74) is 2.31. The maximum absolute atomic E-state index is 12.2. The molecule has 0 saturated carbocycles. The molecule has 0 radical (unpaired) electrons. The van der Waals surface area contributed by atoms with Crippen LogP contribution < -0.4 is 5.32 Å². The van der Waals surface area contributed by atoms with Gasteiger partial charge in [0, 0.05) is 6.42 Å². The first-order chi connectivity index (χ1) is 10.2. The summed E-state index contributed by atoms with van der Waals surface area (Å²) in [6, 6.07) is 16.7. The number of carbonyl (C=O) groups excluding carboxylic acids is 1. The molecular weight excluding hydrogens is 288 g/mol. The minimum atomic E-state index is -0.628. The van der Waals surface area contributed by atoms with Gasteiger partial charge >= 0.3 is 0 Å². The van der Waals surface area contributed by atoms with Crippen molar-refractivity contribution in [2.75, 3.05) is 5.32 Å². The molecule has 1 atom stereocenters. The van der Waals surface area contributed by atoms with Crippen LogP contribution in [0.1, 0.15) is 12.0 Å². The molecule has 106 valence electrons. The summed E-state index contributed by atoms with van der Waals surface area (Å²) in [6.45, 7) is 0. The number of amides is 1. The third kappa shape index (κ3) is 3.06. The van der Waals surface area contributed by atoms with Gasteiger partial charge in [-0.05, 0) is 17.7 Å². The van der Waals surface area contributed by atoms with Crippen LogP contribution in [0, 0.1) is 0 Å². The molecule has 1 amide bonds. The summed E-state index contributed by atoms with van der Waals surface area (Å²) in [6.07, 6.45) is -0.184. The molecule has 4 nitrogen and oxygen atoms in total. The molecule has 1 aliphatic heterocycles. The molecule has 0 saturated heterocycles. The van der Waals surface area contributed by atoms with Gasteiger partial charge in [-0.1, -0.05) is 59.2 Å². The summed E-state index contributed by atoms with van der Waals surface area (Å²) in [5, 5.41) is 7.24. The van der Waals surface area contributed by atoms with Crippen molar-refractivity contribution in [3.63, 3.8) is 0 Å². The molecule has 0 fully saturated rings. The van der Waals surface area contributed by atoms with Gasteiger partial charge in [0.15, 0.2) is 0 Å². The van der Waals surface area contributed by atoms with Crippen LogP contribution in [0.25, 0.3) is 0 Å². The topological polar surface area (TPSA) is 50.7 Å². The van der Waals surface area contributed by atoms with Crippen LogP contribution in [-0.2, 0) is 9.63 Å². The maximum atomic E-state index is 12.2. The fourth-order valence-electron chi connectivity index (χ4n) is 2.09. The van der Waals surface area contributed by atoms with E-state index in [-0.39, 0.29) is 5.91 Å². The van der Waals surface area contributed by atoms with Crippen LogP contribution in [-0.4, -0.2) is 17.7 Å². The molecule has 2 aromatic rings. The number of hydrogen-bond acceptors (Lipinski definition) is 3. The van der Waals surface area contributed by atoms with Gasteiger partial charge in [-0.2, -0.15) is 0 Å². The Kier molecular flexibility index (Phi) is 3.88. The van der Waals surface area contributed by atoms with Gasteiger partial charge in [-0.3, -0.25) is 4.79 Å². The van der Waals surface area contributed by atoms with Crippen LogP contribution in [0.3, 0.4) is 0 Å². The van der Waals surface area contributed by atoms with Crippen molar-refractivity contribution in [2.45, 2.75) is 12.5 Å². The number of benzene rings is 2. The van der Waals surface area contributed by atoms with E-state index in [4.69, 9.17) is 16.4 Å². The Morgan fingerprint density at radius 1 is 1.14 bits per heavy atom. The molecule has 5 heteroatoms. The highest BCUT2D eigenvalue weighted by Gasteiger charge is 2.29. The molecule has 0 aromatic heterocycles. The molecule has 1 heterocycles. The molecule has 0 aliphatic carbocycles. The van der Waals surface area contributed by atoms with Gasteiger partial charge < -0.3 is 10.2 Å². The van der Waals surface area contributed by atoms with Crippen molar-refractivity contribution in [1.82, 2.24) is 0 Å². The van der Waals surface area contributed by atoms with E-state index in [0.29, 0.717) is 17.1 Å². The van der Waals surface area contributed by atoms with Crippen LogP contribution >= 0.6 is 11.6 Å². The summed E-state index contributed by atoms with van der Waals surface area (Å²) < 4.78 is 0. The second-order valence-electron chi connectivity index (χ2n) is 4.67. The fourth-order valence-corrected chi connectivity index (χ4v) is 2.28. The summed E-state index contributed by atoms with van der Waals surface area (Å²) in [7, 11) is 0. The van der Waals surface area contributed by atoms with Crippen molar-refractivity contribution in [3.05, 3.63) is 65.2 Å². The first-order valence-electron chi connectivity index (χ1n) is 6.57. The van der Waals surface area contributed by atoms with Gasteiger partial charge in [0.2, 0.25) is 6.10 Å². The van der Waals surface area contributed by atoms with Gasteiger partial charge in [0.05, 0.1) is 16.4 Å². The molecule has 21 heavy (non-hydrogen) atoms. The summed E-state index contributed by atoms with van der Waals surface area (Å²) in [4.78, 5) is 17.4. The number of nitrogens with one attached hydrogen (secondary N) is 1. The lowest BCUT2D eigenvalue weighted by molar-refractivity contribution is -0.125. The molecular formula is C16H13ClN2O2. The summed E-state index contributed by atoms with van der Waals surface area (Å²) in [5.74, 6) is -0.252. The lowest BCUT2D eigenvalue weighted by atomic mass is 10.0. The van der Waals surface area contributed by atoms with E-state index < -0.39 is 6.10 Å². The van der Waals surface area contributed by atoms with E-state index in [2.05, 4.69) is 10.5 Å². The number of nitrogens with zero attached hydrogens (tertiary/aromatic N) is 1. The van der Waals surface area contributed by atoms with Gasteiger partial charge in [-0.25, -0.2) is 0 Å². The Bertz CT molecular complexity index is 686. The number of halogens is 1. The quantitative estimate of drug-likeness (QED) is 0.943. The number of hydrogen-bond donors (Lipinski definition) is 1. The predicted octanol–water partition coefficient (Wildman–Crippen LogP) is 3.47. The second-order valence-corrected chi connectivity index (χ2v) is 5.08. The molecule has 0 bridgehead atoms. The van der Waals surface area contributed by atoms with Crippen LogP contribution in [0.2, 0.25) is 5.02 Å². The van der Waals surface area contributed by atoms with Gasteiger partial charge in [-0.15, -0.1) is 0 Å². The Balaban J connectivity index is 1.65. The van der Waals surface area contributed by atoms with E-state index in [1.165, 1.54) is 0 Å². The number of oxime groups is 1. The smallest absolute Gasteiger partial charge is 0.268 e. The molecule has 1 N–H and O–H groups in total. The van der Waals surface area contributed by atoms with E-state index in [9.17, 15) is 4.79 Å². The van der Waals surface area contributed by atoms with E-state index in [1.54, 1.807) is 18.2 Å². The van der Waals surface area contributed by atoms with Crippen molar-refractivity contribution < 1.29 is 9.63 Å². The van der Waals surface area contributed by atoms with E-state index in [0.717, 1.165) is 11.3 Å². The van der Waals surface area contributed by atoms with Crippen molar-refractivity contribution in [1.29, 1.82) is 0 Å². The van der Waals surface area contributed by atoms with E-state index in [1.807, 2.05) is 36.4 Å². The number of rotatable bonds is 3. The van der Waals surface area contributed by atoms with Gasteiger partial charge in [0.1, 0.15) is 0 Å². The average Bonchev–Trinajstić information content (AvgIpc) is 3.00. The van der Waals surface area contributed by atoms with Crippen LogP contribution in [0.4, 0.5) is 5.69 Å². The number of anilines is 1. The minimum absolute atomic E-state index is 0.252. The lowest BCUT2D eigenvalue weighted by Crippen LogP contribution is -2.28. The summed E-state index contributed by atoms with van der Waals surface area (Å²) >= 11 is 6.02. The highest BCUT2D eigenvalue weighted by Crippen LogP contribution is 2.23. The molecule has 1 aliphatic rings. The largest absolute Gasteiger partial charge is 0.382 e. The third-order valence-corrected chi connectivity index (χ3v) is 3.53. The average molecular weight is 301 g/mol. The van der Waals surface area contributed by atoms with Crippen molar-refractivity contribution in [3.8, 4) is 0 Å². The number of carbonyl (C=O) groups is 1. The first kappa shape index (κ1) is 13.6. The highest BCUT2D eigenvalue weighted by atomic mass is 35.5. The fraction of sp³-hybridized carbons (Fsp3) is 0.125. The number of para-hydroxylation sites is 1. The Morgan fingerprint density at radius 2 is 1.86 bits per heavy atom. The first-order valence-corrected chi connectivity index (χ1v) is 6.95. The normalized spacial score (nSPS) is 17.0. The van der Waals surface area contributed by atoms with Crippen LogP contribution in [0.15, 0.2) is 59.8 Å². The highest BCUT2D eigenvalue weighted by molar-refractivity contribution is 6.33. The Labute approximate surface area is 127 Å². The van der Waals surface area contributed by atoms with Crippen molar-refractivity contribution >= 4 is 28.9 Å². The Hall–Kier alpha value is -2.33. The molecule has 1 unspecified atom stereocenters. The van der Waals surface area contributed by atoms with Crippen molar-refractivity contribution in [2.24, 2.45) is 5.16 Å². The minimum Gasteiger partial charge on any atom is -0.382 e. The monoisotopic (exact) mass is 300 g/mol.